The van der Waals surface area contributed by atoms with Crippen LogP contribution in [-0.4, -0.2) is 37.9 Å². The van der Waals surface area contributed by atoms with E-state index >= 15 is 0 Å². The number of aryl methyl sites for hydroxylation is 1. The molecule has 7 heteroatoms. The lowest BCUT2D eigenvalue weighted by Crippen LogP contribution is -2.32. The highest BCUT2D eigenvalue weighted by atomic mass is 32.2. The van der Waals surface area contributed by atoms with Crippen LogP contribution in [0.1, 0.15) is 54.8 Å². The number of thioether (sulfide) groups is 1. The second kappa shape index (κ2) is 9.51. The summed E-state index contributed by atoms with van der Waals surface area (Å²) in [4.78, 5) is 14.9. The fraction of sp³-hybridized carbons (Fsp3) is 0.435. The van der Waals surface area contributed by atoms with Gasteiger partial charge in [-0.2, -0.15) is 0 Å². The van der Waals surface area contributed by atoms with E-state index in [-0.39, 0.29) is 5.91 Å². The summed E-state index contributed by atoms with van der Waals surface area (Å²) in [5, 5.41) is 9.60. The summed E-state index contributed by atoms with van der Waals surface area (Å²) in [7, 11) is 0. The topological polar surface area (TPSA) is 64.2 Å². The predicted octanol–water partition coefficient (Wildman–Crippen LogP) is 4.64. The molecule has 158 valence electrons. The zero-order valence-electron chi connectivity index (χ0n) is 17.6. The minimum atomic E-state index is 0.128. The molecule has 1 aromatic carbocycles. The zero-order valence-corrected chi connectivity index (χ0v) is 18.4. The number of carbonyl (C=O) groups is 1. The van der Waals surface area contributed by atoms with Crippen LogP contribution in [0, 0.1) is 6.92 Å². The number of hydrogen-bond acceptors (Lipinski definition) is 5. The lowest BCUT2D eigenvalue weighted by Gasteiger charge is -2.22. The summed E-state index contributed by atoms with van der Waals surface area (Å²) in [6.45, 7) is 6.17. The van der Waals surface area contributed by atoms with Crippen molar-refractivity contribution in [3.05, 3.63) is 65.4 Å². The largest absolute Gasteiger partial charge is 0.467 e. The van der Waals surface area contributed by atoms with E-state index in [9.17, 15) is 4.79 Å². The first-order valence-corrected chi connectivity index (χ1v) is 11.5. The number of rotatable bonds is 10. The van der Waals surface area contributed by atoms with Gasteiger partial charge in [0.1, 0.15) is 11.6 Å². The van der Waals surface area contributed by atoms with Gasteiger partial charge in [-0.1, -0.05) is 48.5 Å². The van der Waals surface area contributed by atoms with Gasteiger partial charge in [-0.15, -0.1) is 10.2 Å². The molecule has 6 nitrogen and oxygen atoms in total. The summed E-state index contributed by atoms with van der Waals surface area (Å²) < 4.78 is 7.64. The average Bonchev–Trinajstić information content (AvgIpc) is 3.31. The maximum atomic E-state index is 13.0. The number of hydrogen-bond donors (Lipinski definition) is 0. The molecule has 0 unspecified atom stereocenters. The number of aromatic nitrogens is 3. The van der Waals surface area contributed by atoms with E-state index in [1.807, 2.05) is 17.0 Å². The molecule has 0 aliphatic heterocycles. The van der Waals surface area contributed by atoms with E-state index in [0.29, 0.717) is 24.8 Å². The van der Waals surface area contributed by atoms with Crippen molar-refractivity contribution < 1.29 is 9.21 Å². The molecule has 1 aliphatic carbocycles. The molecule has 1 amide bonds. The summed E-state index contributed by atoms with van der Waals surface area (Å²) in [5.74, 6) is 2.84. The Bertz CT molecular complexity index is 962. The van der Waals surface area contributed by atoms with Crippen LogP contribution in [0.15, 0.2) is 52.2 Å². The van der Waals surface area contributed by atoms with Gasteiger partial charge in [-0.3, -0.25) is 9.36 Å². The smallest absolute Gasteiger partial charge is 0.233 e. The highest BCUT2D eigenvalue weighted by molar-refractivity contribution is 7.99. The van der Waals surface area contributed by atoms with Gasteiger partial charge in [-0.05, 0) is 43.9 Å². The van der Waals surface area contributed by atoms with Crippen LogP contribution in [0.4, 0.5) is 0 Å². The molecule has 30 heavy (non-hydrogen) atoms. The van der Waals surface area contributed by atoms with Crippen molar-refractivity contribution in [3.8, 4) is 0 Å². The highest BCUT2D eigenvalue weighted by Crippen LogP contribution is 2.40. The minimum absolute atomic E-state index is 0.128. The van der Waals surface area contributed by atoms with Gasteiger partial charge in [-0.25, -0.2) is 0 Å². The SMILES string of the molecule is CCCN(Cc1ccc(C)cc1)C(=O)CSc1nnc(C2CC2)n1Cc1ccco1. The van der Waals surface area contributed by atoms with E-state index in [1.54, 1.807) is 6.26 Å². The standard InChI is InChI=1S/C23H28N4O2S/c1-3-12-26(14-18-8-6-17(2)7-9-18)21(28)16-30-23-25-24-22(19-10-11-19)27(23)15-20-5-4-13-29-20/h4-9,13,19H,3,10-12,14-16H2,1-2H3. The summed E-state index contributed by atoms with van der Waals surface area (Å²) in [6.07, 6.45) is 4.92. The molecule has 0 atom stereocenters. The molecule has 1 saturated carbocycles. The molecule has 4 rings (SSSR count). The molecule has 0 spiro atoms. The molecule has 3 aromatic rings. The third kappa shape index (κ3) is 5.14. The Morgan fingerprint density at radius 2 is 2.03 bits per heavy atom. The Hall–Kier alpha value is -2.54. The quantitative estimate of drug-likeness (QED) is 0.444. The summed E-state index contributed by atoms with van der Waals surface area (Å²) >= 11 is 1.47. The minimum Gasteiger partial charge on any atom is -0.467 e. The summed E-state index contributed by atoms with van der Waals surface area (Å²) in [6, 6.07) is 12.2. The van der Waals surface area contributed by atoms with Crippen LogP contribution in [-0.2, 0) is 17.9 Å². The van der Waals surface area contributed by atoms with Gasteiger partial charge in [0.15, 0.2) is 5.16 Å². The Kier molecular flexibility index (Phi) is 6.57. The third-order valence-corrected chi connectivity index (χ3v) is 6.20. The number of carbonyl (C=O) groups excluding carboxylic acids is 1. The van der Waals surface area contributed by atoms with E-state index in [1.165, 1.54) is 17.3 Å². The molecule has 0 bridgehead atoms. The monoisotopic (exact) mass is 424 g/mol. The number of amides is 1. The third-order valence-electron chi connectivity index (χ3n) is 5.25. The first kappa shape index (κ1) is 20.7. The van der Waals surface area contributed by atoms with Gasteiger partial charge in [0.25, 0.3) is 0 Å². The Morgan fingerprint density at radius 1 is 1.23 bits per heavy atom. The zero-order chi connectivity index (χ0) is 20.9. The predicted molar refractivity (Wildman–Crippen MR) is 117 cm³/mol. The Labute approximate surface area is 181 Å². The Balaban J connectivity index is 1.43. The van der Waals surface area contributed by atoms with Crippen LogP contribution in [0.25, 0.3) is 0 Å². The summed E-state index contributed by atoms with van der Waals surface area (Å²) in [5.41, 5.74) is 2.38. The van der Waals surface area contributed by atoms with Crippen molar-refractivity contribution in [2.45, 2.75) is 57.3 Å². The molecular weight excluding hydrogens is 396 g/mol. The molecule has 2 heterocycles. The van der Waals surface area contributed by atoms with Gasteiger partial charge in [0.05, 0.1) is 18.6 Å². The fourth-order valence-electron chi connectivity index (χ4n) is 3.45. The molecule has 0 saturated heterocycles. The van der Waals surface area contributed by atoms with Crippen molar-refractivity contribution in [1.82, 2.24) is 19.7 Å². The van der Waals surface area contributed by atoms with Crippen molar-refractivity contribution in [2.24, 2.45) is 0 Å². The van der Waals surface area contributed by atoms with E-state index in [4.69, 9.17) is 4.42 Å². The number of benzene rings is 1. The van der Waals surface area contributed by atoms with Gasteiger partial charge in [0, 0.05) is 19.0 Å². The van der Waals surface area contributed by atoms with Gasteiger partial charge >= 0.3 is 0 Å². The van der Waals surface area contributed by atoms with Crippen molar-refractivity contribution in [2.75, 3.05) is 12.3 Å². The average molecular weight is 425 g/mol. The van der Waals surface area contributed by atoms with E-state index < -0.39 is 0 Å². The van der Waals surface area contributed by atoms with Crippen molar-refractivity contribution >= 4 is 17.7 Å². The van der Waals surface area contributed by atoms with Gasteiger partial charge < -0.3 is 9.32 Å². The molecular formula is C23H28N4O2S. The molecule has 1 aliphatic rings. The van der Waals surface area contributed by atoms with Crippen LogP contribution in [0.2, 0.25) is 0 Å². The molecule has 1 fully saturated rings. The second-order valence-corrected chi connectivity index (χ2v) is 8.81. The maximum absolute atomic E-state index is 13.0. The second-order valence-electron chi connectivity index (χ2n) is 7.87. The maximum Gasteiger partial charge on any atom is 0.233 e. The lowest BCUT2D eigenvalue weighted by atomic mass is 10.1. The van der Waals surface area contributed by atoms with Gasteiger partial charge in [0.2, 0.25) is 5.91 Å². The lowest BCUT2D eigenvalue weighted by molar-refractivity contribution is -0.129. The molecule has 2 aromatic heterocycles. The van der Waals surface area contributed by atoms with Crippen LogP contribution in [0.5, 0.6) is 0 Å². The number of nitrogens with zero attached hydrogens (tertiary/aromatic N) is 4. The molecule has 0 radical (unpaired) electrons. The van der Waals surface area contributed by atoms with Crippen molar-refractivity contribution in [3.63, 3.8) is 0 Å². The normalized spacial score (nSPS) is 13.5. The van der Waals surface area contributed by atoms with E-state index in [0.717, 1.165) is 48.1 Å². The first-order chi connectivity index (χ1) is 14.6. The number of furan rings is 1. The first-order valence-electron chi connectivity index (χ1n) is 10.6. The highest BCUT2D eigenvalue weighted by Gasteiger charge is 2.31. The van der Waals surface area contributed by atoms with E-state index in [2.05, 4.69) is 52.9 Å². The van der Waals surface area contributed by atoms with Crippen molar-refractivity contribution in [1.29, 1.82) is 0 Å². The van der Waals surface area contributed by atoms with Crippen LogP contribution < -0.4 is 0 Å². The van der Waals surface area contributed by atoms with Crippen LogP contribution in [0.3, 0.4) is 0 Å². The molecule has 0 N–H and O–H groups in total. The van der Waals surface area contributed by atoms with Crippen LogP contribution >= 0.6 is 11.8 Å². The fourth-order valence-corrected chi connectivity index (χ4v) is 4.30. The Morgan fingerprint density at radius 3 is 2.70 bits per heavy atom.